The van der Waals surface area contributed by atoms with Gasteiger partial charge >= 0.3 is 0 Å². The van der Waals surface area contributed by atoms with Crippen LogP contribution < -0.4 is 21.9 Å². The fourth-order valence-electron chi connectivity index (χ4n) is 4.82. The lowest BCUT2D eigenvalue weighted by atomic mass is 9.94. The molecule has 0 saturated carbocycles. The van der Waals surface area contributed by atoms with Gasteiger partial charge in [-0.05, 0) is 36.6 Å². The van der Waals surface area contributed by atoms with E-state index < -0.39 is 5.82 Å². The number of carbonyl (C=O) groups excluding carboxylic acids is 1. The van der Waals surface area contributed by atoms with Crippen molar-refractivity contribution in [3.05, 3.63) is 93.1 Å². The van der Waals surface area contributed by atoms with Crippen LogP contribution in [0.3, 0.4) is 0 Å². The summed E-state index contributed by atoms with van der Waals surface area (Å²) in [5.41, 5.74) is 8.47. The second kappa shape index (κ2) is 11.5. The lowest BCUT2D eigenvalue weighted by Gasteiger charge is -2.23. The molecule has 2 bridgehead atoms. The number of nitrogens with two attached hydrogens (primary N) is 1. The van der Waals surface area contributed by atoms with E-state index >= 15 is 4.39 Å². The maximum atomic E-state index is 15.2. The van der Waals surface area contributed by atoms with Crippen LogP contribution in [0.1, 0.15) is 37.8 Å². The van der Waals surface area contributed by atoms with E-state index in [4.69, 9.17) is 28.9 Å². The zero-order valence-electron chi connectivity index (χ0n) is 21.4. The Labute approximate surface area is 239 Å². The molecule has 40 heavy (non-hydrogen) atoms. The normalized spacial score (nSPS) is 17.8. The van der Waals surface area contributed by atoms with E-state index in [1.165, 1.54) is 29.2 Å². The van der Waals surface area contributed by atoms with Gasteiger partial charge in [-0.15, -0.1) is 0 Å². The average molecular weight is 582 g/mol. The van der Waals surface area contributed by atoms with E-state index in [1.54, 1.807) is 12.3 Å². The number of hydrogen-bond donors (Lipinski definition) is 4. The SMILES string of the molecule is CC1CCCC(n2cnc(-c3c(N/C=C(\N)Cl)ccc(Cl)c3F)cc2=O)c2cccc(c2)-c2[nH]ncc2NC1=O. The number of carbonyl (C=O) groups is 1. The fraction of sp³-hybridized carbons (Fsp3) is 0.214. The smallest absolute Gasteiger partial charge is 0.254 e. The largest absolute Gasteiger partial charge is 0.388 e. The van der Waals surface area contributed by atoms with Crippen molar-refractivity contribution in [3.63, 3.8) is 0 Å². The van der Waals surface area contributed by atoms with E-state index in [9.17, 15) is 9.59 Å². The predicted molar refractivity (Wildman–Crippen MR) is 154 cm³/mol. The summed E-state index contributed by atoms with van der Waals surface area (Å²) >= 11 is 11.8. The predicted octanol–water partition coefficient (Wildman–Crippen LogP) is 5.85. The van der Waals surface area contributed by atoms with Crippen molar-refractivity contribution < 1.29 is 9.18 Å². The minimum atomic E-state index is -0.737. The Bertz CT molecular complexity index is 1660. The van der Waals surface area contributed by atoms with Crippen LogP contribution >= 0.6 is 23.2 Å². The summed E-state index contributed by atoms with van der Waals surface area (Å²) in [6.07, 6.45) is 6.16. The van der Waals surface area contributed by atoms with Gasteiger partial charge < -0.3 is 16.4 Å². The molecule has 1 aliphatic heterocycles. The third kappa shape index (κ3) is 5.59. The van der Waals surface area contributed by atoms with Crippen LogP contribution in [0.4, 0.5) is 15.8 Å². The van der Waals surface area contributed by atoms with Crippen LogP contribution in [0.5, 0.6) is 0 Å². The van der Waals surface area contributed by atoms with Crippen molar-refractivity contribution in [1.82, 2.24) is 19.7 Å². The van der Waals surface area contributed by atoms with E-state index in [2.05, 4.69) is 25.8 Å². The molecule has 206 valence electrons. The summed E-state index contributed by atoms with van der Waals surface area (Å²) in [6.45, 7) is 1.87. The maximum absolute atomic E-state index is 15.2. The van der Waals surface area contributed by atoms with Crippen molar-refractivity contribution in [2.75, 3.05) is 10.6 Å². The number of amides is 1. The van der Waals surface area contributed by atoms with Gasteiger partial charge in [0.15, 0.2) is 5.82 Å². The molecule has 0 radical (unpaired) electrons. The summed E-state index contributed by atoms with van der Waals surface area (Å²) in [6, 6.07) is 11.5. The van der Waals surface area contributed by atoms with Crippen LogP contribution in [0, 0.1) is 11.7 Å². The minimum absolute atomic E-state index is 0.0122. The van der Waals surface area contributed by atoms with E-state index in [1.807, 2.05) is 31.2 Å². The van der Waals surface area contributed by atoms with Gasteiger partial charge in [-0.25, -0.2) is 9.37 Å². The van der Waals surface area contributed by atoms with Gasteiger partial charge in [0, 0.05) is 23.7 Å². The Morgan fingerprint density at radius 2 is 2.05 bits per heavy atom. The Balaban J connectivity index is 1.58. The number of benzene rings is 2. The lowest BCUT2D eigenvalue weighted by Crippen LogP contribution is -2.26. The molecule has 4 aromatic rings. The number of fused-ring (bicyclic) bond motifs is 4. The molecule has 1 amide bonds. The molecule has 2 aromatic heterocycles. The van der Waals surface area contributed by atoms with Crippen molar-refractivity contribution in [2.45, 2.75) is 32.2 Å². The number of halogens is 3. The Hall–Kier alpha value is -4.15. The number of nitrogens with zero attached hydrogens (tertiary/aromatic N) is 3. The van der Waals surface area contributed by atoms with Gasteiger partial charge in [0.05, 0.1) is 51.9 Å². The zero-order valence-corrected chi connectivity index (χ0v) is 22.9. The number of aromatic nitrogens is 4. The summed E-state index contributed by atoms with van der Waals surface area (Å²) < 4.78 is 16.7. The minimum Gasteiger partial charge on any atom is -0.388 e. The van der Waals surface area contributed by atoms with Crippen LogP contribution in [-0.2, 0) is 4.79 Å². The van der Waals surface area contributed by atoms with Gasteiger partial charge in [-0.1, -0.05) is 54.7 Å². The van der Waals surface area contributed by atoms with Crippen LogP contribution in [-0.4, -0.2) is 25.7 Å². The highest BCUT2D eigenvalue weighted by molar-refractivity contribution is 6.31. The van der Waals surface area contributed by atoms with E-state index in [-0.39, 0.29) is 50.5 Å². The topological polar surface area (TPSA) is 131 Å². The van der Waals surface area contributed by atoms with Gasteiger partial charge in [0.1, 0.15) is 5.16 Å². The highest BCUT2D eigenvalue weighted by Crippen LogP contribution is 2.35. The first-order valence-corrected chi connectivity index (χ1v) is 13.4. The van der Waals surface area contributed by atoms with Crippen molar-refractivity contribution in [1.29, 1.82) is 0 Å². The van der Waals surface area contributed by atoms with Crippen molar-refractivity contribution in [3.8, 4) is 22.5 Å². The van der Waals surface area contributed by atoms with E-state index in [0.29, 0.717) is 30.6 Å². The Morgan fingerprint density at radius 3 is 2.83 bits per heavy atom. The molecular weight excluding hydrogens is 556 g/mol. The zero-order chi connectivity index (χ0) is 28.4. The molecule has 2 aromatic carbocycles. The van der Waals surface area contributed by atoms with Gasteiger partial charge in [-0.3, -0.25) is 19.3 Å². The first kappa shape index (κ1) is 27.4. The second-order valence-electron chi connectivity index (χ2n) is 9.60. The lowest BCUT2D eigenvalue weighted by molar-refractivity contribution is -0.119. The molecule has 3 heterocycles. The van der Waals surface area contributed by atoms with Crippen molar-refractivity contribution >= 4 is 40.5 Å². The molecular formula is C28H26Cl2FN7O2. The number of rotatable bonds is 4. The molecule has 9 nitrogen and oxygen atoms in total. The number of nitrogens with one attached hydrogen (secondary N) is 3. The molecule has 0 aliphatic carbocycles. The molecule has 0 saturated heterocycles. The molecule has 5 N–H and O–H groups in total. The molecule has 12 heteroatoms. The third-order valence-corrected chi connectivity index (χ3v) is 7.31. The number of anilines is 2. The number of aromatic amines is 1. The summed E-state index contributed by atoms with van der Waals surface area (Å²) in [5, 5.41) is 12.7. The monoisotopic (exact) mass is 581 g/mol. The van der Waals surface area contributed by atoms with Crippen LogP contribution in [0.15, 0.2) is 71.1 Å². The number of H-pyrrole nitrogens is 1. The molecule has 2 unspecified atom stereocenters. The fourth-order valence-corrected chi connectivity index (χ4v) is 5.03. The first-order chi connectivity index (χ1) is 19.2. The molecule has 5 rings (SSSR count). The molecule has 2 atom stereocenters. The Morgan fingerprint density at radius 1 is 1.23 bits per heavy atom. The summed E-state index contributed by atoms with van der Waals surface area (Å²) in [4.78, 5) is 30.8. The Kier molecular flexibility index (Phi) is 7.90. The highest BCUT2D eigenvalue weighted by Gasteiger charge is 2.23. The molecule has 0 fully saturated rings. The van der Waals surface area contributed by atoms with Gasteiger partial charge in [-0.2, -0.15) is 5.10 Å². The van der Waals surface area contributed by atoms with Gasteiger partial charge in [0.25, 0.3) is 5.56 Å². The van der Waals surface area contributed by atoms with Crippen LogP contribution in [0.2, 0.25) is 5.02 Å². The average Bonchev–Trinajstić information content (AvgIpc) is 3.39. The highest BCUT2D eigenvalue weighted by atomic mass is 35.5. The van der Waals surface area contributed by atoms with Gasteiger partial charge in [0.2, 0.25) is 5.91 Å². The molecule has 1 aliphatic rings. The van der Waals surface area contributed by atoms with Crippen LogP contribution in [0.25, 0.3) is 22.5 Å². The standard InChI is InChI=1S/C28H26Cl2FN7O2/c1-15-4-2-7-22(16-5-3-6-17(10-16)27-21(12-35-37-27)36-28(15)40)38-14-34-20(11-24(38)39)25-19(33-13-23(30)32)9-8-18(29)26(25)31/h3,5-6,8-15,22,33H,2,4,7,32H2,1H3,(H,35,37)(H,36,40)/b23-13-. The molecule has 0 spiro atoms. The second-order valence-corrected chi connectivity index (χ2v) is 10.4. The van der Waals surface area contributed by atoms with Crippen molar-refractivity contribution in [2.24, 2.45) is 11.7 Å². The number of hydrogen-bond acceptors (Lipinski definition) is 6. The summed E-state index contributed by atoms with van der Waals surface area (Å²) in [5.74, 6) is -1.08. The van der Waals surface area contributed by atoms with E-state index in [0.717, 1.165) is 11.1 Å². The third-order valence-electron chi connectivity index (χ3n) is 6.91. The first-order valence-electron chi connectivity index (χ1n) is 12.6. The quantitative estimate of drug-likeness (QED) is 0.224. The summed E-state index contributed by atoms with van der Waals surface area (Å²) in [7, 11) is 0. The maximum Gasteiger partial charge on any atom is 0.254 e.